The van der Waals surface area contributed by atoms with Crippen molar-refractivity contribution in [3.8, 4) is 6.07 Å². The third-order valence-electron chi connectivity index (χ3n) is 2.93. The average Bonchev–Trinajstić information content (AvgIpc) is 2.81. The lowest BCUT2D eigenvalue weighted by molar-refractivity contribution is -0.121. The largest absolute Gasteiger partial charge is 0.337 e. The van der Waals surface area contributed by atoms with Gasteiger partial charge < -0.3 is 5.32 Å². The van der Waals surface area contributed by atoms with Crippen molar-refractivity contribution in [2.75, 3.05) is 0 Å². The zero-order valence-electron chi connectivity index (χ0n) is 11.1. The third-order valence-corrected chi connectivity index (χ3v) is 5.10. The first-order valence-electron chi connectivity index (χ1n) is 5.82. The van der Waals surface area contributed by atoms with Crippen LogP contribution in [0.1, 0.15) is 27.7 Å². The predicted molar refractivity (Wildman–Crippen MR) is 76.6 cm³/mol. The molecule has 0 aliphatic heterocycles. The number of thioether (sulfide) groups is 1. The fourth-order valence-electron chi connectivity index (χ4n) is 1.22. The van der Waals surface area contributed by atoms with E-state index in [1.807, 2.05) is 38.3 Å². The fourth-order valence-corrected chi connectivity index (χ4v) is 3.16. The molecule has 1 rings (SSSR count). The Kier molecular flexibility index (Phi) is 5.24. The van der Waals surface area contributed by atoms with E-state index in [2.05, 4.69) is 11.4 Å². The van der Waals surface area contributed by atoms with E-state index in [4.69, 9.17) is 0 Å². The number of carbonyl (C=O) groups excluding carboxylic acids is 1. The second-order valence-corrected chi connectivity index (χ2v) is 7.24. The van der Waals surface area contributed by atoms with Crippen LogP contribution in [0.2, 0.25) is 0 Å². The van der Waals surface area contributed by atoms with Gasteiger partial charge in [-0.3, -0.25) is 4.79 Å². The van der Waals surface area contributed by atoms with E-state index in [0.717, 1.165) is 4.21 Å². The van der Waals surface area contributed by atoms with Crippen LogP contribution in [0, 0.1) is 17.2 Å². The maximum atomic E-state index is 12.1. The van der Waals surface area contributed by atoms with Gasteiger partial charge >= 0.3 is 0 Å². The summed E-state index contributed by atoms with van der Waals surface area (Å²) in [7, 11) is 0. The standard InChI is InChI=1S/C13H18N2OS2/c1-9(2)13(4,8-14)15-12(16)10(3)18-11-6-5-7-17-11/h5-7,9-10H,1-4H3,(H,15,16). The van der Waals surface area contributed by atoms with Crippen LogP contribution in [-0.2, 0) is 4.79 Å². The van der Waals surface area contributed by atoms with Gasteiger partial charge in [-0.25, -0.2) is 0 Å². The van der Waals surface area contributed by atoms with Crippen LogP contribution in [0.15, 0.2) is 21.7 Å². The number of thiophene rings is 1. The summed E-state index contributed by atoms with van der Waals surface area (Å²) in [5.41, 5.74) is -0.804. The normalized spacial score (nSPS) is 15.8. The van der Waals surface area contributed by atoms with Crippen molar-refractivity contribution in [1.82, 2.24) is 5.32 Å². The van der Waals surface area contributed by atoms with Crippen LogP contribution in [-0.4, -0.2) is 16.7 Å². The Morgan fingerprint density at radius 1 is 1.56 bits per heavy atom. The SMILES string of the molecule is CC(Sc1cccs1)C(=O)NC(C)(C#N)C(C)C. The molecular weight excluding hydrogens is 264 g/mol. The molecule has 0 aromatic carbocycles. The van der Waals surface area contributed by atoms with Crippen molar-refractivity contribution < 1.29 is 4.79 Å². The highest BCUT2D eigenvalue weighted by Crippen LogP contribution is 2.28. The number of nitrogens with one attached hydrogen (secondary N) is 1. The van der Waals surface area contributed by atoms with Gasteiger partial charge in [0.05, 0.1) is 15.5 Å². The Hall–Kier alpha value is -0.990. The van der Waals surface area contributed by atoms with E-state index in [9.17, 15) is 10.1 Å². The summed E-state index contributed by atoms with van der Waals surface area (Å²) in [6, 6.07) is 6.14. The number of hydrogen-bond acceptors (Lipinski definition) is 4. The van der Waals surface area contributed by atoms with Gasteiger partial charge in [-0.2, -0.15) is 5.26 Å². The van der Waals surface area contributed by atoms with Crippen LogP contribution >= 0.6 is 23.1 Å². The maximum Gasteiger partial charge on any atom is 0.234 e. The van der Waals surface area contributed by atoms with Crippen molar-refractivity contribution in [2.45, 2.75) is 42.7 Å². The molecule has 0 aliphatic rings. The molecule has 0 saturated heterocycles. The summed E-state index contributed by atoms with van der Waals surface area (Å²) in [5.74, 6) is -0.0171. The molecule has 18 heavy (non-hydrogen) atoms. The van der Waals surface area contributed by atoms with E-state index in [-0.39, 0.29) is 17.1 Å². The third kappa shape index (κ3) is 3.76. The van der Waals surface area contributed by atoms with Crippen molar-refractivity contribution in [3.05, 3.63) is 17.5 Å². The zero-order valence-corrected chi connectivity index (χ0v) is 12.7. The molecule has 5 heteroatoms. The van der Waals surface area contributed by atoms with Crippen molar-refractivity contribution >= 4 is 29.0 Å². The summed E-state index contributed by atoms with van der Waals surface area (Å²) < 4.78 is 1.11. The quantitative estimate of drug-likeness (QED) is 0.843. The number of nitrogens with zero attached hydrogens (tertiary/aromatic N) is 1. The molecular formula is C13H18N2OS2. The highest BCUT2D eigenvalue weighted by molar-refractivity contribution is 8.02. The monoisotopic (exact) mass is 282 g/mol. The summed E-state index contributed by atoms with van der Waals surface area (Å²) in [6.45, 7) is 7.48. The summed E-state index contributed by atoms with van der Waals surface area (Å²) >= 11 is 3.13. The first-order chi connectivity index (χ1) is 8.39. The van der Waals surface area contributed by atoms with Gasteiger partial charge in [-0.05, 0) is 31.2 Å². The molecule has 0 aliphatic carbocycles. The molecule has 98 valence electrons. The molecule has 0 fully saturated rings. The second-order valence-electron chi connectivity index (χ2n) is 4.65. The Labute approximate surface area is 117 Å². The van der Waals surface area contributed by atoms with Crippen LogP contribution in [0.5, 0.6) is 0 Å². The number of hydrogen-bond donors (Lipinski definition) is 1. The highest BCUT2D eigenvalue weighted by atomic mass is 32.2. The zero-order chi connectivity index (χ0) is 13.8. The van der Waals surface area contributed by atoms with Gasteiger partial charge in [-0.15, -0.1) is 23.1 Å². The van der Waals surface area contributed by atoms with E-state index >= 15 is 0 Å². The number of amides is 1. The molecule has 1 aromatic heterocycles. The van der Waals surface area contributed by atoms with Gasteiger partial charge in [0.2, 0.25) is 5.91 Å². The molecule has 1 N–H and O–H groups in total. The highest BCUT2D eigenvalue weighted by Gasteiger charge is 2.31. The summed E-state index contributed by atoms with van der Waals surface area (Å²) in [5, 5.41) is 13.8. The minimum atomic E-state index is -0.804. The second kappa shape index (κ2) is 6.26. The van der Waals surface area contributed by atoms with Crippen LogP contribution in [0.4, 0.5) is 0 Å². The summed E-state index contributed by atoms with van der Waals surface area (Å²) in [4.78, 5) is 12.1. The van der Waals surface area contributed by atoms with E-state index in [1.165, 1.54) is 11.8 Å². The molecule has 0 saturated carbocycles. The lowest BCUT2D eigenvalue weighted by Crippen LogP contribution is -2.51. The first-order valence-corrected chi connectivity index (χ1v) is 7.58. The van der Waals surface area contributed by atoms with Crippen LogP contribution in [0.25, 0.3) is 0 Å². The Morgan fingerprint density at radius 3 is 2.67 bits per heavy atom. The van der Waals surface area contributed by atoms with Gasteiger partial charge in [0.15, 0.2) is 0 Å². The Balaban J connectivity index is 2.63. The maximum absolute atomic E-state index is 12.1. The first kappa shape index (κ1) is 15.1. The average molecular weight is 282 g/mol. The smallest absolute Gasteiger partial charge is 0.234 e. The fraction of sp³-hybridized carbons (Fsp3) is 0.538. The van der Waals surface area contributed by atoms with E-state index in [0.29, 0.717) is 0 Å². The Bertz CT molecular complexity index is 436. The molecule has 3 nitrogen and oxygen atoms in total. The minimum absolute atomic E-state index is 0.0744. The van der Waals surface area contributed by atoms with Gasteiger partial charge in [0, 0.05) is 0 Å². The molecule has 0 spiro atoms. The molecule has 1 heterocycles. The lowest BCUT2D eigenvalue weighted by Gasteiger charge is -2.28. The molecule has 0 radical (unpaired) electrons. The van der Waals surface area contributed by atoms with Gasteiger partial charge in [-0.1, -0.05) is 19.9 Å². The molecule has 2 unspecified atom stereocenters. The predicted octanol–water partition coefficient (Wildman–Crippen LogP) is 3.28. The molecule has 1 amide bonds. The van der Waals surface area contributed by atoms with Crippen LogP contribution < -0.4 is 5.32 Å². The van der Waals surface area contributed by atoms with E-state index < -0.39 is 5.54 Å². The van der Waals surface area contributed by atoms with Crippen molar-refractivity contribution in [2.24, 2.45) is 5.92 Å². The number of carbonyl (C=O) groups is 1. The molecule has 0 bridgehead atoms. The summed E-state index contributed by atoms with van der Waals surface area (Å²) in [6.07, 6.45) is 0. The van der Waals surface area contributed by atoms with Crippen LogP contribution in [0.3, 0.4) is 0 Å². The molecule has 2 atom stereocenters. The van der Waals surface area contributed by atoms with Gasteiger partial charge in [0.1, 0.15) is 5.54 Å². The topological polar surface area (TPSA) is 52.9 Å². The molecule has 1 aromatic rings. The number of nitriles is 1. The van der Waals surface area contributed by atoms with E-state index in [1.54, 1.807) is 18.3 Å². The Morgan fingerprint density at radius 2 is 2.22 bits per heavy atom. The van der Waals surface area contributed by atoms with Crippen molar-refractivity contribution in [3.63, 3.8) is 0 Å². The minimum Gasteiger partial charge on any atom is -0.337 e. The number of rotatable bonds is 5. The lowest BCUT2D eigenvalue weighted by atomic mass is 9.90. The van der Waals surface area contributed by atoms with Crippen molar-refractivity contribution in [1.29, 1.82) is 5.26 Å². The van der Waals surface area contributed by atoms with Gasteiger partial charge in [0.25, 0.3) is 0 Å².